The fourth-order valence-electron chi connectivity index (χ4n) is 1.25. The number of nitrogens with one attached hydrogen (secondary N) is 2. The van der Waals surface area contributed by atoms with Gasteiger partial charge in [-0.15, -0.1) is 0 Å². The van der Waals surface area contributed by atoms with Gasteiger partial charge in [-0.2, -0.15) is 11.3 Å². The van der Waals surface area contributed by atoms with E-state index in [1.54, 1.807) is 18.4 Å². The first-order valence-electron chi connectivity index (χ1n) is 5.26. The molecule has 0 aliphatic carbocycles. The summed E-state index contributed by atoms with van der Waals surface area (Å²) in [7, 11) is 1.67. The number of hydrogen-bond acceptors (Lipinski definition) is 4. The molecule has 0 aliphatic heterocycles. The van der Waals surface area contributed by atoms with Gasteiger partial charge in [-0.3, -0.25) is 4.79 Å². The molecule has 0 aliphatic rings. The standard InChI is InChI=1S/C11H18N2O2S/c1-9-7-16-8-10(9)11(14)13-4-3-12-5-6-15-2/h7-8,12H,3-6H2,1-2H3,(H,13,14). The van der Waals surface area contributed by atoms with E-state index in [4.69, 9.17) is 4.74 Å². The molecule has 0 saturated carbocycles. The number of hydrogen-bond donors (Lipinski definition) is 2. The SMILES string of the molecule is COCCNCCNC(=O)c1cscc1C. The number of aryl methyl sites for hydroxylation is 1. The molecule has 0 saturated heterocycles. The summed E-state index contributed by atoms with van der Waals surface area (Å²) in [6.07, 6.45) is 0. The molecule has 0 fully saturated rings. The van der Waals surface area contributed by atoms with Crippen LogP contribution in [-0.4, -0.2) is 39.3 Å². The maximum atomic E-state index is 11.7. The first kappa shape index (κ1) is 13.2. The van der Waals surface area contributed by atoms with Gasteiger partial charge in [0.25, 0.3) is 5.91 Å². The van der Waals surface area contributed by atoms with E-state index < -0.39 is 0 Å². The molecular formula is C11H18N2O2S. The third-order valence-corrected chi connectivity index (χ3v) is 3.03. The molecule has 4 nitrogen and oxygen atoms in total. The van der Waals surface area contributed by atoms with Crippen LogP contribution in [0.1, 0.15) is 15.9 Å². The van der Waals surface area contributed by atoms with Crippen LogP contribution in [0.25, 0.3) is 0 Å². The van der Waals surface area contributed by atoms with Crippen LogP contribution in [0.2, 0.25) is 0 Å². The summed E-state index contributed by atoms with van der Waals surface area (Å²) in [5.41, 5.74) is 1.82. The predicted octanol–water partition coefficient (Wildman–Crippen LogP) is 1.02. The molecule has 0 aromatic carbocycles. The van der Waals surface area contributed by atoms with E-state index in [-0.39, 0.29) is 5.91 Å². The average molecular weight is 242 g/mol. The first-order valence-corrected chi connectivity index (χ1v) is 6.20. The van der Waals surface area contributed by atoms with Crippen LogP contribution in [0, 0.1) is 6.92 Å². The van der Waals surface area contributed by atoms with E-state index in [9.17, 15) is 4.79 Å². The van der Waals surface area contributed by atoms with Gasteiger partial charge in [0.15, 0.2) is 0 Å². The minimum atomic E-state index is 0.00675. The van der Waals surface area contributed by atoms with Crippen molar-refractivity contribution in [1.82, 2.24) is 10.6 Å². The van der Waals surface area contributed by atoms with Gasteiger partial charge < -0.3 is 15.4 Å². The van der Waals surface area contributed by atoms with Crippen molar-refractivity contribution >= 4 is 17.2 Å². The Morgan fingerprint density at radius 1 is 1.38 bits per heavy atom. The first-order chi connectivity index (χ1) is 7.75. The van der Waals surface area contributed by atoms with Crippen molar-refractivity contribution in [2.45, 2.75) is 6.92 Å². The van der Waals surface area contributed by atoms with Crippen LogP contribution in [0.5, 0.6) is 0 Å². The van der Waals surface area contributed by atoms with Crippen LogP contribution >= 0.6 is 11.3 Å². The van der Waals surface area contributed by atoms with Gasteiger partial charge in [0.2, 0.25) is 0 Å². The zero-order valence-corrected chi connectivity index (χ0v) is 10.5. The van der Waals surface area contributed by atoms with Gasteiger partial charge >= 0.3 is 0 Å². The van der Waals surface area contributed by atoms with Crippen molar-refractivity contribution in [3.8, 4) is 0 Å². The monoisotopic (exact) mass is 242 g/mol. The van der Waals surface area contributed by atoms with Crippen LogP contribution in [0.4, 0.5) is 0 Å². The molecule has 1 amide bonds. The smallest absolute Gasteiger partial charge is 0.252 e. The fraction of sp³-hybridized carbons (Fsp3) is 0.545. The molecule has 2 N–H and O–H groups in total. The van der Waals surface area contributed by atoms with E-state index in [0.29, 0.717) is 13.2 Å². The zero-order chi connectivity index (χ0) is 11.8. The van der Waals surface area contributed by atoms with Gasteiger partial charge in [0.1, 0.15) is 0 Å². The lowest BCUT2D eigenvalue weighted by molar-refractivity contribution is 0.0953. The Balaban J connectivity index is 2.14. The number of methoxy groups -OCH3 is 1. The van der Waals surface area contributed by atoms with Crippen molar-refractivity contribution in [3.05, 3.63) is 21.9 Å². The highest BCUT2D eigenvalue weighted by Gasteiger charge is 2.08. The Bertz CT molecular complexity index is 326. The van der Waals surface area contributed by atoms with Gasteiger partial charge in [-0.25, -0.2) is 0 Å². The van der Waals surface area contributed by atoms with Crippen molar-refractivity contribution in [2.75, 3.05) is 33.4 Å². The van der Waals surface area contributed by atoms with Gasteiger partial charge in [-0.05, 0) is 17.9 Å². The topological polar surface area (TPSA) is 50.4 Å². The van der Waals surface area contributed by atoms with Gasteiger partial charge in [-0.1, -0.05) is 0 Å². The Morgan fingerprint density at radius 2 is 2.19 bits per heavy atom. The summed E-state index contributed by atoms with van der Waals surface area (Å²) in [6.45, 7) is 4.85. The van der Waals surface area contributed by atoms with Crippen molar-refractivity contribution < 1.29 is 9.53 Å². The molecule has 16 heavy (non-hydrogen) atoms. The minimum absolute atomic E-state index is 0.00675. The fourth-order valence-corrected chi connectivity index (χ4v) is 2.08. The van der Waals surface area contributed by atoms with Gasteiger partial charge in [0, 0.05) is 32.1 Å². The van der Waals surface area contributed by atoms with Crippen LogP contribution in [-0.2, 0) is 4.74 Å². The molecule has 0 unspecified atom stereocenters. The van der Waals surface area contributed by atoms with Crippen molar-refractivity contribution in [1.29, 1.82) is 0 Å². The van der Waals surface area contributed by atoms with E-state index >= 15 is 0 Å². The number of thiophene rings is 1. The van der Waals surface area contributed by atoms with Crippen molar-refractivity contribution in [3.63, 3.8) is 0 Å². The van der Waals surface area contributed by atoms with Crippen molar-refractivity contribution in [2.24, 2.45) is 0 Å². The lowest BCUT2D eigenvalue weighted by Gasteiger charge is -2.06. The molecule has 0 atom stereocenters. The summed E-state index contributed by atoms with van der Waals surface area (Å²) in [4.78, 5) is 11.7. The summed E-state index contributed by atoms with van der Waals surface area (Å²) in [5.74, 6) is 0.00675. The molecule has 0 radical (unpaired) electrons. The quantitative estimate of drug-likeness (QED) is 0.702. The van der Waals surface area contributed by atoms with E-state index in [2.05, 4.69) is 10.6 Å². The molecule has 5 heteroatoms. The minimum Gasteiger partial charge on any atom is -0.383 e. The summed E-state index contributed by atoms with van der Waals surface area (Å²) in [5, 5.41) is 9.89. The molecular weight excluding hydrogens is 224 g/mol. The van der Waals surface area contributed by atoms with E-state index in [1.807, 2.05) is 17.7 Å². The number of rotatable bonds is 7. The largest absolute Gasteiger partial charge is 0.383 e. The molecule has 0 bridgehead atoms. The third-order valence-electron chi connectivity index (χ3n) is 2.17. The Labute approximate surface area is 100 Å². The van der Waals surface area contributed by atoms with Crippen LogP contribution in [0.15, 0.2) is 10.8 Å². The van der Waals surface area contributed by atoms with Crippen LogP contribution in [0.3, 0.4) is 0 Å². The van der Waals surface area contributed by atoms with E-state index in [0.717, 1.165) is 24.2 Å². The molecule has 0 spiro atoms. The predicted molar refractivity (Wildman–Crippen MR) is 66.1 cm³/mol. The van der Waals surface area contributed by atoms with Crippen LogP contribution < -0.4 is 10.6 Å². The Kier molecular flexibility index (Phi) is 6.07. The number of ether oxygens (including phenoxy) is 1. The summed E-state index contributed by atoms with van der Waals surface area (Å²) >= 11 is 1.55. The highest BCUT2D eigenvalue weighted by Crippen LogP contribution is 2.12. The maximum absolute atomic E-state index is 11.7. The number of amides is 1. The highest BCUT2D eigenvalue weighted by atomic mass is 32.1. The second-order valence-corrected chi connectivity index (χ2v) is 4.21. The summed E-state index contributed by atoms with van der Waals surface area (Å²) in [6, 6.07) is 0. The highest BCUT2D eigenvalue weighted by molar-refractivity contribution is 7.08. The molecule has 90 valence electrons. The van der Waals surface area contributed by atoms with Gasteiger partial charge in [0.05, 0.1) is 12.2 Å². The zero-order valence-electron chi connectivity index (χ0n) is 9.71. The molecule has 1 rings (SSSR count). The number of carbonyl (C=O) groups is 1. The average Bonchev–Trinajstić information content (AvgIpc) is 2.69. The molecule has 1 heterocycles. The Morgan fingerprint density at radius 3 is 2.81 bits per heavy atom. The molecule has 1 aromatic rings. The Hall–Kier alpha value is -0.910. The number of carbonyl (C=O) groups excluding carboxylic acids is 1. The third kappa shape index (κ3) is 4.30. The maximum Gasteiger partial charge on any atom is 0.252 e. The lowest BCUT2D eigenvalue weighted by Crippen LogP contribution is -2.33. The normalized spacial score (nSPS) is 10.4. The second kappa shape index (κ2) is 7.38. The van der Waals surface area contributed by atoms with E-state index in [1.165, 1.54) is 0 Å². The lowest BCUT2D eigenvalue weighted by atomic mass is 10.2. The summed E-state index contributed by atoms with van der Waals surface area (Å²) < 4.78 is 4.90. The molecule has 1 aromatic heterocycles. The second-order valence-electron chi connectivity index (χ2n) is 3.47.